The summed E-state index contributed by atoms with van der Waals surface area (Å²) in [6.07, 6.45) is 1.67. The van der Waals surface area contributed by atoms with Gasteiger partial charge in [-0.2, -0.15) is 0 Å². The van der Waals surface area contributed by atoms with E-state index in [-0.39, 0.29) is 0 Å². The van der Waals surface area contributed by atoms with Crippen molar-refractivity contribution in [3.63, 3.8) is 0 Å². The fourth-order valence-corrected chi connectivity index (χ4v) is 1.18. The lowest BCUT2D eigenvalue weighted by atomic mass is 10.2. The Morgan fingerprint density at radius 1 is 1.54 bits per heavy atom. The van der Waals surface area contributed by atoms with E-state index < -0.39 is 0 Å². The molecule has 72 valence electrons. The van der Waals surface area contributed by atoms with Gasteiger partial charge in [0.1, 0.15) is 5.82 Å². The molecule has 0 atom stereocenters. The highest BCUT2D eigenvalue weighted by Crippen LogP contribution is 2.17. The van der Waals surface area contributed by atoms with E-state index in [0.29, 0.717) is 5.02 Å². The molecular formula is C9H14ClN3. The summed E-state index contributed by atoms with van der Waals surface area (Å²) < 4.78 is 0. The van der Waals surface area contributed by atoms with Crippen LogP contribution in [0, 0.1) is 0 Å². The van der Waals surface area contributed by atoms with Gasteiger partial charge in [-0.1, -0.05) is 18.5 Å². The molecule has 13 heavy (non-hydrogen) atoms. The smallest absolute Gasteiger partial charge is 0.126 e. The highest BCUT2D eigenvalue weighted by Gasteiger charge is 2.01. The zero-order valence-corrected chi connectivity index (χ0v) is 8.65. The molecular weight excluding hydrogens is 186 g/mol. The average Bonchev–Trinajstić information content (AvgIpc) is 2.17. The summed E-state index contributed by atoms with van der Waals surface area (Å²) in [5.41, 5.74) is 1.07. The molecule has 0 saturated heterocycles. The fourth-order valence-electron chi connectivity index (χ4n) is 1.01. The largest absolute Gasteiger partial charge is 0.373 e. The molecule has 0 spiro atoms. The summed E-state index contributed by atoms with van der Waals surface area (Å²) in [7, 11) is 1.84. The molecule has 2 N–H and O–H groups in total. The Bertz CT molecular complexity index is 276. The van der Waals surface area contributed by atoms with Gasteiger partial charge >= 0.3 is 0 Å². The van der Waals surface area contributed by atoms with E-state index in [9.17, 15) is 0 Å². The average molecular weight is 200 g/mol. The van der Waals surface area contributed by atoms with Crippen molar-refractivity contribution in [3.05, 3.63) is 22.8 Å². The van der Waals surface area contributed by atoms with Gasteiger partial charge in [0, 0.05) is 19.8 Å². The Labute approximate surface area is 83.5 Å². The maximum absolute atomic E-state index is 5.96. The maximum Gasteiger partial charge on any atom is 0.126 e. The third kappa shape index (κ3) is 2.86. The number of pyridine rings is 1. The van der Waals surface area contributed by atoms with Gasteiger partial charge in [-0.15, -0.1) is 0 Å². The van der Waals surface area contributed by atoms with Crippen LogP contribution in [-0.4, -0.2) is 18.6 Å². The van der Waals surface area contributed by atoms with Crippen LogP contribution in [0.15, 0.2) is 12.3 Å². The monoisotopic (exact) mass is 199 g/mol. The number of aromatic nitrogens is 1. The van der Waals surface area contributed by atoms with Crippen molar-refractivity contribution in [1.29, 1.82) is 0 Å². The van der Waals surface area contributed by atoms with E-state index in [0.717, 1.165) is 24.5 Å². The van der Waals surface area contributed by atoms with Crippen LogP contribution < -0.4 is 10.6 Å². The van der Waals surface area contributed by atoms with Crippen LogP contribution in [-0.2, 0) is 6.54 Å². The predicted octanol–water partition coefficient (Wildman–Crippen LogP) is 1.89. The van der Waals surface area contributed by atoms with Gasteiger partial charge in [-0.25, -0.2) is 4.98 Å². The van der Waals surface area contributed by atoms with Crippen molar-refractivity contribution in [2.75, 3.05) is 18.9 Å². The molecule has 0 bridgehead atoms. The molecule has 1 aromatic rings. The standard InChI is InChI=1S/C9H14ClN3/c1-3-12-5-7-4-9(11-2)13-6-8(7)10/h4,6,12H,3,5H2,1-2H3,(H,11,13). The lowest BCUT2D eigenvalue weighted by molar-refractivity contribution is 0.726. The minimum atomic E-state index is 0.708. The van der Waals surface area contributed by atoms with Gasteiger partial charge in [0.05, 0.1) is 5.02 Å². The van der Waals surface area contributed by atoms with Crippen molar-refractivity contribution in [1.82, 2.24) is 10.3 Å². The molecule has 1 heterocycles. The summed E-state index contributed by atoms with van der Waals surface area (Å²) in [4.78, 5) is 4.09. The fraction of sp³-hybridized carbons (Fsp3) is 0.444. The molecule has 0 fully saturated rings. The first kappa shape index (κ1) is 10.3. The summed E-state index contributed by atoms with van der Waals surface area (Å²) in [5, 5.41) is 6.90. The van der Waals surface area contributed by atoms with Gasteiger partial charge in [-0.05, 0) is 18.2 Å². The van der Waals surface area contributed by atoms with Crippen LogP contribution in [0.2, 0.25) is 5.02 Å². The number of hydrogen-bond acceptors (Lipinski definition) is 3. The molecule has 4 heteroatoms. The highest BCUT2D eigenvalue weighted by molar-refractivity contribution is 6.31. The SMILES string of the molecule is CCNCc1cc(NC)ncc1Cl. The summed E-state index contributed by atoms with van der Waals surface area (Å²) in [5.74, 6) is 0.845. The van der Waals surface area contributed by atoms with Crippen LogP contribution >= 0.6 is 11.6 Å². The van der Waals surface area contributed by atoms with Crippen molar-refractivity contribution in [2.45, 2.75) is 13.5 Å². The summed E-state index contributed by atoms with van der Waals surface area (Å²) >= 11 is 5.96. The first-order valence-corrected chi connectivity index (χ1v) is 4.68. The predicted molar refractivity (Wildman–Crippen MR) is 56.2 cm³/mol. The van der Waals surface area contributed by atoms with Gasteiger partial charge in [0.15, 0.2) is 0 Å². The molecule has 0 aliphatic carbocycles. The molecule has 1 rings (SSSR count). The topological polar surface area (TPSA) is 37.0 Å². The second-order valence-electron chi connectivity index (χ2n) is 2.69. The molecule has 0 amide bonds. The number of halogens is 1. The molecule has 0 aromatic carbocycles. The van der Waals surface area contributed by atoms with Crippen molar-refractivity contribution in [2.24, 2.45) is 0 Å². The van der Waals surface area contributed by atoms with Crippen LogP contribution in [0.1, 0.15) is 12.5 Å². The zero-order chi connectivity index (χ0) is 9.68. The Morgan fingerprint density at radius 3 is 2.92 bits per heavy atom. The molecule has 3 nitrogen and oxygen atoms in total. The highest BCUT2D eigenvalue weighted by atomic mass is 35.5. The summed E-state index contributed by atoms with van der Waals surface area (Å²) in [6.45, 7) is 3.79. The number of anilines is 1. The lowest BCUT2D eigenvalue weighted by Gasteiger charge is -2.06. The van der Waals surface area contributed by atoms with Crippen LogP contribution in [0.5, 0.6) is 0 Å². The van der Waals surface area contributed by atoms with E-state index in [1.807, 2.05) is 13.1 Å². The van der Waals surface area contributed by atoms with Crippen molar-refractivity contribution >= 4 is 17.4 Å². The molecule has 0 saturated carbocycles. The van der Waals surface area contributed by atoms with Crippen LogP contribution in [0.4, 0.5) is 5.82 Å². The summed E-state index contributed by atoms with van der Waals surface area (Å²) in [6, 6.07) is 1.95. The minimum Gasteiger partial charge on any atom is -0.373 e. The number of nitrogens with zero attached hydrogens (tertiary/aromatic N) is 1. The molecule has 1 aromatic heterocycles. The van der Waals surface area contributed by atoms with Crippen molar-refractivity contribution in [3.8, 4) is 0 Å². The van der Waals surface area contributed by atoms with Gasteiger partial charge in [0.25, 0.3) is 0 Å². The first-order valence-electron chi connectivity index (χ1n) is 4.30. The van der Waals surface area contributed by atoms with Gasteiger partial charge in [0.2, 0.25) is 0 Å². The zero-order valence-electron chi connectivity index (χ0n) is 7.89. The van der Waals surface area contributed by atoms with E-state index in [2.05, 4.69) is 22.5 Å². The second-order valence-corrected chi connectivity index (χ2v) is 3.10. The second kappa shape index (κ2) is 5.04. The molecule has 0 unspecified atom stereocenters. The first-order chi connectivity index (χ1) is 6.27. The Kier molecular flexibility index (Phi) is 3.99. The molecule has 0 aliphatic heterocycles. The molecule has 0 aliphatic rings. The maximum atomic E-state index is 5.96. The van der Waals surface area contributed by atoms with E-state index in [1.165, 1.54) is 0 Å². The van der Waals surface area contributed by atoms with Crippen molar-refractivity contribution < 1.29 is 0 Å². The minimum absolute atomic E-state index is 0.708. The molecule has 0 radical (unpaired) electrons. The van der Waals surface area contributed by atoms with E-state index in [1.54, 1.807) is 6.20 Å². The Morgan fingerprint density at radius 2 is 2.31 bits per heavy atom. The third-order valence-corrected chi connectivity index (χ3v) is 2.10. The number of rotatable bonds is 4. The van der Waals surface area contributed by atoms with Gasteiger partial charge in [-0.3, -0.25) is 0 Å². The quantitative estimate of drug-likeness (QED) is 0.778. The van der Waals surface area contributed by atoms with E-state index >= 15 is 0 Å². The third-order valence-electron chi connectivity index (χ3n) is 1.76. The lowest BCUT2D eigenvalue weighted by Crippen LogP contribution is -2.12. The number of hydrogen-bond donors (Lipinski definition) is 2. The number of nitrogens with one attached hydrogen (secondary N) is 2. The van der Waals surface area contributed by atoms with Gasteiger partial charge < -0.3 is 10.6 Å². The van der Waals surface area contributed by atoms with E-state index in [4.69, 9.17) is 11.6 Å². The van der Waals surface area contributed by atoms with Crippen LogP contribution in [0.25, 0.3) is 0 Å². The Balaban J connectivity index is 2.78. The normalized spacial score (nSPS) is 10.1. The Hall–Kier alpha value is -0.800. The van der Waals surface area contributed by atoms with Crippen LogP contribution in [0.3, 0.4) is 0 Å².